The predicted molar refractivity (Wildman–Crippen MR) is 49.0 cm³/mol. The van der Waals surface area contributed by atoms with Crippen LogP contribution in [0.2, 0.25) is 0 Å². The van der Waals surface area contributed by atoms with Crippen LogP contribution in [0, 0.1) is 0 Å². The Morgan fingerprint density at radius 1 is 1.21 bits per heavy atom. The van der Waals surface area contributed by atoms with E-state index < -0.39 is 11.8 Å². The fourth-order valence-corrected chi connectivity index (χ4v) is 0.838. The number of hydrogen-bond donors (Lipinski definition) is 0. The van der Waals surface area contributed by atoms with Gasteiger partial charge in [-0.1, -0.05) is 18.2 Å². The quantitative estimate of drug-likeness (QED) is 0.525. The molecule has 0 radical (unpaired) electrons. The zero-order valence-corrected chi connectivity index (χ0v) is 7.73. The molecule has 4 heteroatoms. The molecule has 1 aromatic rings. The second kappa shape index (κ2) is 5.01. The number of carbonyl (C=O) groups excluding carboxylic acids is 2. The molecule has 0 aliphatic rings. The molecule has 4 nitrogen and oxygen atoms in total. The molecule has 0 saturated heterocycles. The number of ether oxygens (including phenoxy) is 2. The van der Waals surface area contributed by atoms with E-state index in [4.69, 9.17) is 4.74 Å². The SMILES string of the molecule is COC(=O)C(=O)COc1ccccc1. The number of ketones is 1. The van der Waals surface area contributed by atoms with Gasteiger partial charge in [0.1, 0.15) is 5.75 Å². The average molecular weight is 194 g/mol. The van der Waals surface area contributed by atoms with Crippen LogP contribution in [0.15, 0.2) is 30.3 Å². The second-order valence-corrected chi connectivity index (χ2v) is 2.52. The smallest absolute Gasteiger partial charge is 0.378 e. The zero-order valence-electron chi connectivity index (χ0n) is 7.73. The van der Waals surface area contributed by atoms with Crippen molar-refractivity contribution in [2.24, 2.45) is 0 Å². The van der Waals surface area contributed by atoms with E-state index in [1.165, 1.54) is 0 Å². The molecule has 0 atom stereocenters. The Kier molecular flexibility index (Phi) is 3.67. The van der Waals surface area contributed by atoms with Crippen LogP contribution in [0.25, 0.3) is 0 Å². The monoisotopic (exact) mass is 194 g/mol. The lowest BCUT2D eigenvalue weighted by atomic mass is 10.3. The fourth-order valence-electron chi connectivity index (χ4n) is 0.838. The summed E-state index contributed by atoms with van der Waals surface area (Å²) in [6.45, 7) is -0.295. The van der Waals surface area contributed by atoms with Gasteiger partial charge in [-0.2, -0.15) is 0 Å². The molecular formula is C10H10O4. The average Bonchev–Trinajstić information content (AvgIpc) is 2.26. The lowest BCUT2D eigenvalue weighted by molar-refractivity contribution is -0.152. The van der Waals surface area contributed by atoms with Gasteiger partial charge in [0.05, 0.1) is 7.11 Å². The Labute approximate surface area is 81.4 Å². The highest BCUT2D eigenvalue weighted by Gasteiger charge is 2.13. The standard InChI is InChI=1S/C10H10O4/c1-13-10(12)9(11)7-14-8-5-3-2-4-6-8/h2-6H,7H2,1H3. The number of para-hydroxylation sites is 1. The molecular weight excluding hydrogens is 184 g/mol. The molecule has 0 saturated carbocycles. The molecule has 0 spiro atoms. The van der Waals surface area contributed by atoms with E-state index in [2.05, 4.69) is 4.74 Å². The molecule has 74 valence electrons. The van der Waals surface area contributed by atoms with Gasteiger partial charge in [-0.3, -0.25) is 4.79 Å². The van der Waals surface area contributed by atoms with Crippen molar-refractivity contribution in [2.75, 3.05) is 13.7 Å². The van der Waals surface area contributed by atoms with E-state index in [-0.39, 0.29) is 6.61 Å². The number of methoxy groups -OCH3 is 1. The minimum atomic E-state index is -0.888. The normalized spacial score (nSPS) is 9.21. The van der Waals surface area contributed by atoms with Gasteiger partial charge in [0.2, 0.25) is 0 Å². The Balaban J connectivity index is 2.42. The summed E-state index contributed by atoms with van der Waals surface area (Å²) >= 11 is 0. The number of benzene rings is 1. The van der Waals surface area contributed by atoms with Crippen molar-refractivity contribution in [3.8, 4) is 5.75 Å². The topological polar surface area (TPSA) is 52.6 Å². The van der Waals surface area contributed by atoms with E-state index in [0.29, 0.717) is 5.75 Å². The first-order valence-electron chi connectivity index (χ1n) is 4.03. The summed E-state index contributed by atoms with van der Waals surface area (Å²) in [5.74, 6) is -1.04. The Morgan fingerprint density at radius 2 is 1.86 bits per heavy atom. The third-order valence-electron chi connectivity index (χ3n) is 1.53. The van der Waals surface area contributed by atoms with Crippen molar-refractivity contribution in [1.29, 1.82) is 0 Å². The summed E-state index contributed by atoms with van der Waals surface area (Å²) in [4.78, 5) is 21.6. The molecule has 0 amide bonds. The number of Topliss-reactive ketones (excluding diaryl/α,β-unsaturated/α-hetero) is 1. The van der Waals surface area contributed by atoms with Gasteiger partial charge in [0.25, 0.3) is 5.78 Å². The van der Waals surface area contributed by atoms with Crippen LogP contribution in [0.1, 0.15) is 0 Å². The highest BCUT2D eigenvalue weighted by atomic mass is 16.5. The van der Waals surface area contributed by atoms with Gasteiger partial charge in [-0.15, -0.1) is 0 Å². The Morgan fingerprint density at radius 3 is 2.43 bits per heavy atom. The van der Waals surface area contributed by atoms with Crippen molar-refractivity contribution < 1.29 is 19.1 Å². The maximum Gasteiger partial charge on any atom is 0.378 e. The van der Waals surface area contributed by atoms with Crippen LogP contribution in [0.3, 0.4) is 0 Å². The van der Waals surface area contributed by atoms with Crippen LogP contribution in [-0.2, 0) is 14.3 Å². The number of hydrogen-bond acceptors (Lipinski definition) is 4. The first-order chi connectivity index (χ1) is 6.74. The van der Waals surface area contributed by atoms with Gasteiger partial charge in [-0.25, -0.2) is 4.79 Å². The second-order valence-electron chi connectivity index (χ2n) is 2.52. The maximum absolute atomic E-state index is 10.9. The first-order valence-corrected chi connectivity index (χ1v) is 4.03. The molecule has 0 aromatic heterocycles. The maximum atomic E-state index is 10.9. The first kappa shape index (κ1) is 10.2. The molecule has 0 aliphatic heterocycles. The summed E-state index contributed by atoms with van der Waals surface area (Å²) < 4.78 is 9.27. The van der Waals surface area contributed by atoms with E-state index in [9.17, 15) is 9.59 Å². The van der Waals surface area contributed by atoms with Crippen molar-refractivity contribution in [1.82, 2.24) is 0 Å². The third-order valence-corrected chi connectivity index (χ3v) is 1.53. The fraction of sp³-hybridized carbons (Fsp3) is 0.200. The summed E-state index contributed by atoms with van der Waals surface area (Å²) in [5, 5.41) is 0. The molecule has 0 fully saturated rings. The summed E-state index contributed by atoms with van der Waals surface area (Å²) in [6, 6.07) is 8.78. The van der Waals surface area contributed by atoms with Crippen LogP contribution in [-0.4, -0.2) is 25.5 Å². The molecule has 0 bridgehead atoms. The Bertz CT molecular complexity index is 318. The molecule has 1 aromatic carbocycles. The molecule has 0 aliphatic carbocycles. The van der Waals surface area contributed by atoms with Crippen molar-refractivity contribution in [3.05, 3.63) is 30.3 Å². The summed E-state index contributed by atoms with van der Waals surface area (Å²) in [5.41, 5.74) is 0. The predicted octanol–water partition coefficient (Wildman–Crippen LogP) is 0.807. The van der Waals surface area contributed by atoms with E-state index in [1.807, 2.05) is 6.07 Å². The molecule has 14 heavy (non-hydrogen) atoms. The molecule has 0 heterocycles. The minimum Gasteiger partial charge on any atom is -0.485 e. The van der Waals surface area contributed by atoms with Gasteiger partial charge in [-0.05, 0) is 12.1 Å². The summed E-state index contributed by atoms with van der Waals surface area (Å²) in [7, 11) is 1.16. The number of carbonyl (C=O) groups is 2. The van der Waals surface area contributed by atoms with Gasteiger partial charge < -0.3 is 9.47 Å². The van der Waals surface area contributed by atoms with Crippen molar-refractivity contribution >= 4 is 11.8 Å². The highest BCUT2D eigenvalue weighted by molar-refractivity contribution is 6.34. The number of esters is 1. The lowest BCUT2D eigenvalue weighted by Gasteiger charge is -2.03. The molecule has 0 N–H and O–H groups in total. The van der Waals surface area contributed by atoms with Crippen LogP contribution in [0.5, 0.6) is 5.75 Å². The summed E-state index contributed by atoms with van der Waals surface area (Å²) in [6.07, 6.45) is 0. The largest absolute Gasteiger partial charge is 0.485 e. The molecule has 1 rings (SSSR count). The zero-order chi connectivity index (χ0) is 10.4. The minimum absolute atomic E-state index is 0.295. The molecule has 0 unspecified atom stereocenters. The van der Waals surface area contributed by atoms with Gasteiger partial charge in [0, 0.05) is 0 Å². The van der Waals surface area contributed by atoms with Crippen LogP contribution >= 0.6 is 0 Å². The Hall–Kier alpha value is -1.84. The van der Waals surface area contributed by atoms with E-state index in [0.717, 1.165) is 7.11 Å². The number of rotatable bonds is 4. The van der Waals surface area contributed by atoms with E-state index >= 15 is 0 Å². The van der Waals surface area contributed by atoms with Crippen molar-refractivity contribution in [2.45, 2.75) is 0 Å². The van der Waals surface area contributed by atoms with Crippen LogP contribution < -0.4 is 4.74 Å². The van der Waals surface area contributed by atoms with Crippen LogP contribution in [0.4, 0.5) is 0 Å². The van der Waals surface area contributed by atoms with Gasteiger partial charge >= 0.3 is 5.97 Å². The van der Waals surface area contributed by atoms with Gasteiger partial charge in [0.15, 0.2) is 6.61 Å². The van der Waals surface area contributed by atoms with E-state index in [1.54, 1.807) is 24.3 Å². The van der Waals surface area contributed by atoms with Crippen molar-refractivity contribution in [3.63, 3.8) is 0 Å². The highest BCUT2D eigenvalue weighted by Crippen LogP contribution is 2.07. The third kappa shape index (κ3) is 2.90. The lowest BCUT2D eigenvalue weighted by Crippen LogP contribution is -2.22.